The molecule has 2 aliphatic heterocycles. The van der Waals surface area contributed by atoms with Gasteiger partial charge >= 0.3 is 59.8 Å². The molecule has 2 saturated heterocycles. The summed E-state index contributed by atoms with van der Waals surface area (Å²) in [7, 11) is 0. The van der Waals surface area contributed by atoms with E-state index in [2.05, 4.69) is 6.92 Å². The molecule has 0 amide bonds. The monoisotopic (exact) mass is 225 g/mol. The zero-order chi connectivity index (χ0) is 5.61. The third kappa shape index (κ3) is 0.692. The summed E-state index contributed by atoms with van der Waals surface area (Å²) in [5.41, 5.74) is 0.394. The Bertz CT molecular complexity index is 113. The second kappa shape index (κ2) is 1.59. The molecule has 2 heterocycles. The van der Waals surface area contributed by atoms with Crippen LogP contribution in [0.15, 0.2) is 0 Å². The summed E-state index contributed by atoms with van der Waals surface area (Å²) in [6, 6.07) is 0. The zero-order valence-electron chi connectivity index (χ0n) is 4.98. The molecule has 0 spiro atoms. The summed E-state index contributed by atoms with van der Waals surface area (Å²) in [6.45, 7) is 2.26. The summed E-state index contributed by atoms with van der Waals surface area (Å²) >= 11 is 0.542. The van der Waals surface area contributed by atoms with Crippen LogP contribution in [0.1, 0.15) is 13.3 Å². The molecular weight excluding hydrogens is 215 g/mol. The van der Waals surface area contributed by atoms with E-state index in [1.54, 1.807) is 0 Å². The number of ether oxygens (including phenoxy) is 1. The van der Waals surface area contributed by atoms with Crippen molar-refractivity contribution >= 4 is 0 Å². The predicted octanol–water partition coefficient (Wildman–Crippen LogP) is -2.36. The van der Waals surface area contributed by atoms with Gasteiger partial charge in [0.2, 0.25) is 0 Å². The molecule has 48 valence electrons. The van der Waals surface area contributed by atoms with Crippen LogP contribution in [-0.4, -0.2) is 20.6 Å². The van der Waals surface area contributed by atoms with Crippen LogP contribution in [0.3, 0.4) is 0 Å². The Kier molecular flexibility index (Phi) is 1.09. The zero-order valence-corrected chi connectivity index (χ0v) is 7.14. The van der Waals surface area contributed by atoms with Crippen molar-refractivity contribution in [1.29, 1.82) is 0 Å². The fourth-order valence-corrected chi connectivity index (χ4v) is 4.33. The quantitative estimate of drug-likeness (QED) is 0.255. The fraction of sp³-hybridized carbons (Fsp3) is 1.00. The third-order valence-electron chi connectivity index (χ3n) is 1.90. The van der Waals surface area contributed by atoms with Crippen LogP contribution < -0.4 is 21.2 Å². The predicted molar refractivity (Wildman–Crippen MR) is 27.6 cm³/mol. The summed E-state index contributed by atoms with van der Waals surface area (Å²) < 4.78 is 8.41. The van der Waals surface area contributed by atoms with Gasteiger partial charge in [0.15, 0.2) is 0 Å². The molecule has 2 fully saturated rings. The van der Waals surface area contributed by atoms with Gasteiger partial charge in [-0.1, -0.05) is 0 Å². The van der Waals surface area contributed by atoms with Gasteiger partial charge in [0.25, 0.3) is 0 Å². The Labute approximate surface area is 60.1 Å². The topological polar surface area (TPSA) is 12.5 Å². The van der Waals surface area contributed by atoms with E-state index in [-0.39, 0.29) is 0 Å². The van der Waals surface area contributed by atoms with E-state index >= 15 is 0 Å². The first-order valence-electron chi connectivity index (χ1n) is 3.02. The molecule has 0 aliphatic carbocycles. The number of hydrogen-bond acceptors (Lipinski definition) is 1. The van der Waals surface area contributed by atoms with Crippen LogP contribution >= 0.6 is 0 Å². The minimum absolute atomic E-state index is 0.394. The van der Waals surface area contributed by atoms with Crippen molar-refractivity contribution in [2.45, 2.75) is 25.0 Å². The molecule has 0 N–H and O–H groups in total. The van der Waals surface area contributed by atoms with Gasteiger partial charge in [0.05, 0.1) is 0 Å². The molecule has 0 aromatic carbocycles. The van der Waals surface area contributed by atoms with Crippen LogP contribution in [0.25, 0.3) is 0 Å². The van der Waals surface area contributed by atoms with E-state index in [0.29, 0.717) is 32.9 Å². The molecule has 0 radical (unpaired) electrons. The SMILES string of the molecule is CC12C[I-]CCC1O2. The van der Waals surface area contributed by atoms with Gasteiger partial charge < -0.3 is 0 Å². The van der Waals surface area contributed by atoms with Crippen molar-refractivity contribution in [1.82, 2.24) is 0 Å². The first-order valence-corrected chi connectivity index (χ1v) is 6.08. The Balaban J connectivity index is 2.04. The molecule has 0 aromatic heterocycles. The molecule has 8 heavy (non-hydrogen) atoms. The normalized spacial score (nSPS) is 53.9. The summed E-state index contributed by atoms with van der Waals surface area (Å²) in [5.74, 6) is 0. The molecular formula is C6H10IO-. The third-order valence-corrected chi connectivity index (χ3v) is 5.34. The van der Waals surface area contributed by atoms with Crippen LogP contribution in [0.2, 0.25) is 0 Å². The molecule has 2 atom stereocenters. The average molecular weight is 225 g/mol. The Morgan fingerprint density at radius 3 is 3.12 bits per heavy atom. The van der Waals surface area contributed by atoms with Crippen LogP contribution in [-0.2, 0) is 4.74 Å². The fourth-order valence-electron chi connectivity index (χ4n) is 1.20. The number of epoxide rings is 1. The molecule has 2 unspecified atom stereocenters. The number of hydrogen-bond donors (Lipinski definition) is 0. The first kappa shape index (κ1) is 5.47. The summed E-state index contributed by atoms with van der Waals surface area (Å²) in [6.07, 6.45) is 2.04. The summed E-state index contributed by atoms with van der Waals surface area (Å²) in [5, 5.41) is 0. The maximum atomic E-state index is 5.49. The second-order valence-corrected chi connectivity index (χ2v) is 5.64. The van der Waals surface area contributed by atoms with Gasteiger partial charge in [-0.25, -0.2) is 0 Å². The van der Waals surface area contributed by atoms with Gasteiger partial charge in [-0.15, -0.1) is 0 Å². The van der Waals surface area contributed by atoms with Crippen LogP contribution in [0, 0.1) is 0 Å². The van der Waals surface area contributed by atoms with Gasteiger partial charge in [-0.3, -0.25) is 0 Å². The van der Waals surface area contributed by atoms with Crippen molar-refractivity contribution in [2.24, 2.45) is 0 Å². The van der Waals surface area contributed by atoms with Gasteiger partial charge in [0, 0.05) is 0 Å². The van der Waals surface area contributed by atoms with Crippen LogP contribution in [0.4, 0.5) is 0 Å². The first-order chi connectivity index (χ1) is 3.81. The molecule has 2 rings (SSSR count). The van der Waals surface area contributed by atoms with Gasteiger partial charge in [-0.2, -0.15) is 0 Å². The van der Waals surface area contributed by atoms with E-state index < -0.39 is 0 Å². The van der Waals surface area contributed by atoms with Gasteiger partial charge in [-0.05, 0) is 0 Å². The number of halogens is 1. The second-order valence-electron chi connectivity index (χ2n) is 2.72. The molecule has 0 bridgehead atoms. The number of rotatable bonds is 0. The number of alkyl halides is 2. The minimum atomic E-state index is 0.394. The Morgan fingerprint density at radius 2 is 2.62 bits per heavy atom. The molecule has 0 saturated carbocycles. The molecule has 2 aliphatic rings. The van der Waals surface area contributed by atoms with Crippen molar-refractivity contribution in [2.75, 3.05) is 8.86 Å². The Morgan fingerprint density at radius 1 is 1.75 bits per heavy atom. The number of fused-ring (bicyclic) bond motifs is 1. The van der Waals surface area contributed by atoms with Crippen molar-refractivity contribution < 1.29 is 25.9 Å². The van der Waals surface area contributed by atoms with Crippen LogP contribution in [0.5, 0.6) is 0 Å². The average Bonchev–Trinajstić information content (AvgIpc) is 2.39. The van der Waals surface area contributed by atoms with E-state index in [1.165, 1.54) is 15.3 Å². The van der Waals surface area contributed by atoms with Gasteiger partial charge in [0.1, 0.15) is 0 Å². The maximum absolute atomic E-state index is 5.49. The molecule has 2 heteroatoms. The molecule has 1 nitrogen and oxygen atoms in total. The van der Waals surface area contributed by atoms with E-state index in [9.17, 15) is 0 Å². The van der Waals surface area contributed by atoms with E-state index in [0.717, 1.165) is 0 Å². The summed E-state index contributed by atoms with van der Waals surface area (Å²) in [4.78, 5) is 0. The van der Waals surface area contributed by atoms with Crippen molar-refractivity contribution in [3.05, 3.63) is 0 Å². The van der Waals surface area contributed by atoms with Crippen molar-refractivity contribution in [3.63, 3.8) is 0 Å². The Hall–Kier alpha value is 0.690. The van der Waals surface area contributed by atoms with E-state index in [4.69, 9.17) is 4.74 Å². The standard InChI is InChI=1S/C6H10IO/c1-6-4-7-3-2-5(6)8-6/h5H,2-4H2,1H3/q-1. The molecule has 0 aromatic rings. The van der Waals surface area contributed by atoms with E-state index in [1.807, 2.05) is 0 Å². The van der Waals surface area contributed by atoms with Crippen molar-refractivity contribution in [3.8, 4) is 0 Å².